The van der Waals surface area contributed by atoms with Crippen molar-refractivity contribution in [3.8, 4) is 22.3 Å². The first-order valence-corrected chi connectivity index (χ1v) is 12.2. The first-order chi connectivity index (χ1) is 17.8. The van der Waals surface area contributed by atoms with Gasteiger partial charge in [0.1, 0.15) is 11.2 Å². The van der Waals surface area contributed by atoms with Gasteiger partial charge >= 0.3 is 0 Å². The second kappa shape index (κ2) is 8.44. The molecule has 0 atom stereocenters. The molecule has 0 saturated heterocycles. The Morgan fingerprint density at radius 3 is 1.75 bits per heavy atom. The minimum atomic E-state index is 0.919. The molecule has 1 heterocycles. The van der Waals surface area contributed by atoms with Crippen LogP contribution in [0.5, 0.6) is 0 Å². The average molecular weight is 462 g/mol. The summed E-state index contributed by atoms with van der Waals surface area (Å²) in [5.41, 5.74) is 8.79. The number of anilines is 2. The second-order valence-corrected chi connectivity index (χ2v) is 9.08. The topological polar surface area (TPSA) is 25.2 Å². The van der Waals surface area contributed by atoms with Crippen LogP contribution in [-0.2, 0) is 0 Å². The number of fused-ring (bicyclic) bond motifs is 4. The van der Waals surface area contributed by atoms with Crippen LogP contribution in [0.4, 0.5) is 11.4 Å². The van der Waals surface area contributed by atoms with E-state index in [1.165, 1.54) is 33.0 Å². The Balaban J connectivity index is 1.17. The van der Waals surface area contributed by atoms with E-state index in [0.717, 1.165) is 33.3 Å². The maximum atomic E-state index is 6.07. The highest BCUT2D eigenvalue weighted by Crippen LogP contribution is 2.37. The van der Waals surface area contributed by atoms with Gasteiger partial charge in [-0.1, -0.05) is 97.1 Å². The molecule has 0 amide bonds. The average Bonchev–Trinajstić information content (AvgIpc) is 3.33. The van der Waals surface area contributed by atoms with Gasteiger partial charge in [-0.15, -0.1) is 0 Å². The predicted octanol–water partition coefficient (Wildman–Crippen LogP) is 9.82. The zero-order valence-electron chi connectivity index (χ0n) is 19.6. The standard InChI is InChI=1S/C34H23NO/c1-2-9-28-23(7-1)8-5-11-29(28)24-15-19-26(20-16-24)35-27-21-17-25(18-22-27)30-12-6-14-33-34(30)31-10-3-4-13-32(31)36-33/h1-22,35H. The van der Waals surface area contributed by atoms with E-state index in [0.29, 0.717) is 0 Å². The Labute approximate surface area is 209 Å². The van der Waals surface area contributed by atoms with Crippen molar-refractivity contribution in [3.05, 3.63) is 133 Å². The molecule has 0 radical (unpaired) electrons. The van der Waals surface area contributed by atoms with Gasteiger partial charge < -0.3 is 9.73 Å². The van der Waals surface area contributed by atoms with E-state index in [1.807, 2.05) is 18.2 Å². The fourth-order valence-electron chi connectivity index (χ4n) is 5.13. The summed E-state index contributed by atoms with van der Waals surface area (Å²) in [5.74, 6) is 0. The number of nitrogens with one attached hydrogen (secondary N) is 1. The van der Waals surface area contributed by atoms with E-state index >= 15 is 0 Å². The monoisotopic (exact) mass is 461 g/mol. The molecule has 170 valence electrons. The van der Waals surface area contributed by atoms with Crippen LogP contribution in [0.25, 0.3) is 55.0 Å². The summed E-state index contributed by atoms with van der Waals surface area (Å²) >= 11 is 0. The number of furan rings is 1. The van der Waals surface area contributed by atoms with Gasteiger partial charge in [-0.3, -0.25) is 0 Å². The van der Waals surface area contributed by atoms with Gasteiger partial charge in [0.2, 0.25) is 0 Å². The molecule has 7 aromatic rings. The van der Waals surface area contributed by atoms with E-state index in [-0.39, 0.29) is 0 Å². The van der Waals surface area contributed by atoms with Crippen LogP contribution in [0, 0.1) is 0 Å². The highest BCUT2D eigenvalue weighted by atomic mass is 16.3. The molecule has 0 aliphatic carbocycles. The van der Waals surface area contributed by atoms with E-state index in [9.17, 15) is 0 Å². The van der Waals surface area contributed by atoms with Crippen LogP contribution in [0.1, 0.15) is 0 Å². The molecule has 0 unspecified atom stereocenters. The van der Waals surface area contributed by atoms with Crippen LogP contribution in [0.3, 0.4) is 0 Å². The molecule has 6 aromatic carbocycles. The van der Waals surface area contributed by atoms with Crippen molar-refractivity contribution in [1.29, 1.82) is 0 Å². The van der Waals surface area contributed by atoms with Crippen LogP contribution in [0.2, 0.25) is 0 Å². The normalized spacial score (nSPS) is 11.3. The van der Waals surface area contributed by atoms with Crippen molar-refractivity contribution in [3.63, 3.8) is 0 Å². The van der Waals surface area contributed by atoms with Crippen LogP contribution >= 0.6 is 0 Å². The van der Waals surface area contributed by atoms with Gasteiger partial charge in [0, 0.05) is 22.1 Å². The molecule has 1 N–H and O–H groups in total. The largest absolute Gasteiger partial charge is 0.456 e. The third kappa shape index (κ3) is 3.52. The highest BCUT2D eigenvalue weighted by Gasteiger charge is 2.12. The van der Waals surface area contributed by atoms with E-state index in [1.54, 1.807) is 0 Å². The van der Waals surface area contributed by atoms with Crippen LogP contribution in [-0.4, -0.2) is 0 Å². The minimum absolute atomic E-state index is 0.919. The molecule has 2 nitrogen and oxygen atoms in total. The van der Waals surface area contributed by atoms with Gasteiger partial charge in [0.25, 0.3) is 0 Å². The third-order valence-corrected chi connectivity index (χ3v) is 6.87. The number of hydrogen-bond acceptors (Lipinski definition) is 2. The fraction of sp³-hybridized carbons (Fsp3) is 0. The molecule has 0 spiro atoms. The van der Waals surface area contributed by atoms with Gasteiger partial charge in [0.15, 0.2) is 0 Å². The summed E-state index contributed by atoms with van der Waals surface area (Å²) in [6.07, 6.45) is 0. The van der Waals surface area contributed by atoms with Crippen molar-refractivity contribution in [2.24, 2.45) is 0 Å². The summed E-state index contributed by atoms with van der Waals surface area (Å²) in [4.78, 5) is 0. The van der Waals surface area contributed by atoms with E-state index in [4.69, 9.17) is 4.42 Å². The van der Waals surface area contributed by atoms with Gasteiger partial charge in [-0.25, -0.2) is 0 Å². The molecule has 2 heteroatoms. The molecule has 0 aliphatic rings. The number of para-hydroxylation sites is 1. The molecule has 0 bridgehead atoms. The van der Waals surface area contributed by atoms with E-state index < -0.39 is 0 Å². The lowest BCUT2D eigenvalue weighted by atomic mass is 9.98. The summed E-state index contributed by atoms with van der Waals surface area (Å²) in [7, 11) is 0. The first-order valence-electron chi connectivity index (χ1n) is 12.2. The number of hydrogen-bond donors (Lipinski definition) is 1. The van der Waals surface area contributed by atoms with Gasteiger partial charge in [-0.2, -0.15) is 0 Å². The summed E-state index contributed by atoms with van der Waals surface area (Å²) in [6, 6.07) is 46.8. The second-order valence-electron chi connectivity index (χ2n) is 9.08. The zero-order valence-corrected chi connectivity index (χ0v) is 19.6. The Bertz CT molecular complexity index is 1840. The SMILES string of the molecule is c1ccc2c(-c3ccc(Nc4ccc(-c5cccc6oc7ccccc7c56)cc4)cc3)cccc2c1. The summed E-state index contributed by atoms with van der Waals surface area (Å²) in [5, 5.41) is 8.39. The molecule has 36 heavy (non-hydrogen) atoms. The highest BCUT2D eigenvalue weighted by molar-refractivity contribution is 6.12. The maximum absolute atomic E-state index is 6.07. The molecular weight excluding hydrogens is 438 g/mol. The molecule has 0 aliphatic heterocycles. The quantitative estimate of drug-likeness (QED) is 0.282. The van der Waals surface area contributed by atoms with Crippen molar-refractivity contribution in [2.45, 2.75) is 0 Å². The Morgan fingerprint density at radius 1 is 0.417 bits per heavy atom. The lowest BCUT2D eigenvalue weighted by Crippen LogP contribution is -1.90. The summed E-state index contributed by atoms with van der Waals surface area (Å²) < 4.78 is 6.07. The molecule has 7 rings (SSSR count). The lowest BCUT2D eigenvalue weighted by Gasteiger charge is -2.11. The van der Waals surface area contributed by atoms with Crippen molar-refractivity contribution in [1.82, 2.24) is 0 Å². The lowest BCUT2D eigenvalue weighted by molar-refractivity contribution is 0.669. The van der Waals surface area contributed by atoms with Crippen molar-refractivity contribution < 1.29 is 4.42 Å². The maximum Gasteiger partial charge on any atom is 0.136 e. The van der Waals surface area contributed by atoms with Crippen molar-refractivity contribution in [2.75, 3.05) is 5.32 Å². The smallest absolute Gasteiger partial charge is 0.136 e. The predicted molar refractivity (Wildman–Crippen MR) is 152 cm³/mol. The fourth-order valence-corrected chi connectivity index (χ4v) is 5.13. The number of benzene rings is 6. The van der Waals surface area contributed by atoms with Gasteiger partial charge in [0.05, 0.1) is 0 Å². The van der Waals surface area contributed by atoms with Crippen LogP contribution < -0.4 is 5.32 Å². The Kier molecular flexibility index (Phi) is 4.82. The van der Waals surface area contributed by atoms with Crippen LogP contribution in [0.15, 0.2) is 138 Å². The zero-order chi connectivity index (χ0) is 23.9. The Hall–Kier alpha value is -4.82. The van der Waals surface area contributed by atoms with Crippen molar-refractivity contribution >= 4 is 44.1 Å². The molecule has 1 aromatic heterocycles. The molecular formula is C34H23NO. The molecule has 0 saturated carbocycles. The Morgan fingerprint density at radius 2 is 0.972 bits per heavy atom. The first kappa shape index (κ1) is 20.5. The third-order valence-electron chi connectivity index (χ3n) is 6.87. The minimum Gasteiger partial charge on any atom is -0.456 e. The molecule has 0 fully saturated rings. The summed E-state index contributed by atoms with van der Waals surface area (Å²) in [6.45, 7) is 0. The van der Waals surface area contributed by atoms with Gasteiger partial charge in [-0.05, 0) is 69.4 Å². The van der Waals surface area contributed by atoms with E-state index in [2.05, 4.69) is 121 Å². The number of rotatable bonds is 4.